The van der Waals surface area contributed by atoms with Crippen molar-refractivity contribution in [2.75, 3.05) is 32.9 Å². The van der Waals surface area contributed by atoms with E-state index in [0.717, 1.165) is 62.6 Å². The molecule has 8 nitrogen and oxygen atoms in total. The molecule has 1 unspecified atom stereocenters. The zero-order chi connectivity index (χ0) is 28.6. The van der Waals surface area contributed by atoms with Gasteiger partial charge in [-0.05, 0) is 94.2 Å². The fourth-order valence-electron chi connectivity index (χ4n) is 6.32. The molecule has 0 bridgehead atoms. The summed E-state index contributed by atoms with van der Waals surface area (Å²) in [4.78, 5) is 21.9. The summed E-state index contributed by atoms with van der Waals surface area (Å²) < 4.78 is 42.3. The van der Waals surface area contributed by atoms with Crippen LogP contribution >= 0.6 is 0 Å². The normalized spacial score (nSPS) is 22.3. The lowest BCUT2D eigenvalue weighted by Gasteiger charge is -2.31. The number of carbonyl (C=O) groups is 1. The minimum Gasteiger partial charge on any atom is -0.339 e. The number of hydrogen-bond acceptors (Lipinski definition) is 5. The second-order valence-corrected chi connectivity index (χ2v) is 13.7. The number of nitrogens with zero attached hydrogens (tertiary/aromatic N) is 4. The summed E-state index contributed by atoms with van der Waals surface area (Å²) in [5.74, 6) is 0.261. The number of amides is 1. The first-order valence-corrected chi connectivity index (χ1v) is 16.1. The van der Waals surface area contributed by atoms with Crippen molar-refractivity contribution in [3.8, 4) is 5.69 Å². The molecule has 0 spiro atoms. The maximum absolute atomic E-state index is 14.4. The Morgan fingerprint density at radius 1 is 1.18 bits per heavy atom. The van der Waals surface area contributed by atoms with E-state index in [1.54, 1.807) is 24.2 Å². The maximum Gasteiger partial charge on any atom is 0.256 e. The first kappa shape index (κ1) is 28.7. The van der Waals surface area contributed by atoms with E-state index < -0.39 is 15.8 Å². The van der Waals surface area contributed by atoms with Gasteiger partial charge in [0.05, 0.1) is 29.2 Å². The molecule has 2 aliphatic rings. The summed E-state index contributed by atoms with van der Waals surface area (Å²) in [5.41, 5.74) is 3.11. The molecule has 2 fully saturated rings. The monoisotopic (exact) mass is 569 g/mol. The van der Waals surface area contributed by atoms with Crippen LogP contribution in [0.3, 0.4) is 0 Å². The number of halogens is 1. The van der Waals surface area contributed by atoms with Crippen molar-refractivity contribution in [3.05, 3.63) is 59.8 Å². The maximum atomic E-state index is 14.4. The Hall–Kier alpha value is -2.82. The average molecular weight is 570 g/mol. The van der Waals surface area contributed by atoms with Crippen LogP contribution in [0.1, 0.15) is 67.8 Å². The molecule has 1 N–H and O–H groups in total. The molecule has 5 rings (SSSR count). The minimum atomic E-state index is -3.16. The lowest BCUT2D eigenvalue weighted by molar-refractivity contribution is 0.0754. The van der Waals surface area contributed by atoms with E-state index in [1.807, 2.05) is 30.7 Å². The van der Waals surface area contributed by atoms with E-state index >= 15 is 0 Å². The molecule has 1 atom stereocenters. The van der Waals surface area contributed by atoms with E-state index in [9.17, 15) is 17.6 Å². The van der Waals surface area contributed by atoms with Gasteiger partial charge < -0.3 is 14.4 Å². The number of sulfonamides is 1. The summed E-state index contributed by atoms with van der Waals surface area (Å²) in [7, 11) is -1.42. The molecule has 0 radical (unpaired) electrons. The van der Waals surface area contributed by atoms with Gasteiger partial charge in [0.15, 0.2) is 0 Å². The zero-order valence-corrected chi connectivity index (χ0v) is 24.6. The second kappa shape index (κ2) is 11.6. The van der Waals surface area contributed by atoms with E-state index in [1.165, 1.54) is 24.0 Å². The van der Waals surface area contributed by atoms with Gasteiger partial charge in [-0.3, -0.25) is 9.78 Å². The van der Waals surface area contributed by atoms with Crippen molar-refractivity contribution in [3.63, 3.8) is 0 Å². The minimum absolute atomic E-state index is 0.0160. The largest absolute Gasteiger partial charge is 0.339 e. The molecule has 3 heterocycles. The van der Waals surface area contributed by atoms with Crippen LogP contribution < -0.4 is 4.72 Å². The third kappa shape index (κ3) is 6.24. The molecule has 1 saturated carbocycles. The highest BCUT2D eigenvalue weighted by Gasteiger charge is 2.31. The summed E-state index contributed by atoms with van der Waals surface area (Å²) in [5, 5.41) is 1.11. The smallest absolute Gasteiger partial charge is 0.256 e. The third-order valence-electron chi connectivity index (χ3n) is 8.64. The Bertz CT molecular complexity index is 1480. The van der Waals surface area contributed by atoms with Crippen LogP contribution in [-0.4, -0.2) is 78.7 Å². The molecule has 1 aliphatic heterocycles. The SMILES string of the molecule is CC(C)N(C)C(=O)c1cc(F)ccc1-n1cc(C2CCN(CC3CCC(NS(C)(=O)=O)CC3)C2)c2ccncc21. The van der Waals surface area contributed by atoms with Gasteiger partial charge in [0.2, 0.25) is 10.0 Å². The third-order valence-corrected chi connectivity index (χ3v) is 9.40. The van der Waals surface area contributed by atoms with Crippen LogP contribution in [0.5, 0.6) is 0 Å². The number of pyridine rings is 1. The average Bonchev–Trinajstić information content (AvgIpc) is 3.53. The summed E-state index contributed by atoms with van der Waals surface area (Å²) in [6.07, 6.45) is 11.8. The lowest BCUT2D eigenvalue weighted by Crippen LogP contribution is -2.39. The number of carbonyl (C=O) groups excluding carboxylic acids is 1. The van der Waals surface area contributed by atoms with Crippen LogP contribution in [0.15, 0.2) is 42.9 Å². The molecule has 1 amide bonds. The van der Waals surface area contributed by atoms with Gasteiger partial charge in [0, 0.05) is 50.0 Å². The Kier molecular flexibility index (Phi) is 8.31. The highest BCUT2D eigenvalue weighted by Crippen LogP contribution is 2.37. The first-order valence-electron chi connectivity index (χ1n) is 14.2. The van der Waals surface area contributed by atoms with Gasteiger partial charge >= 0.3 is 0 Å². The van der Waals surface area contributed by atoms with Crippen molar-refractivity contribution in [2.24, 2.45) is 5.92 Å². The van der Waals surface area contributed by atoms with E-state index in [2.05, 4.69) is 20.8 Å². The number of hydrogen-bond donors (Lipinski definition) is 1. The van der Waals surface area contributed by atoms with E-state index in [4.69, 9.17) is 0 Å². The number of nitrogens with one attached hydrogen (secondary N) is 1. The summed E-state index contributed by atoms with van der Waals surface area (Å²) >= 11 is 0. The standard InChI is InChI=1S/C30H40FN5O3S/c1-20(2)34(3)30(37)26-15-23(31)7-10-28(26)36-19-27(25-11-13-32-16-29(25)36)22-12-14-35(18-22)17-21-5-8-24(9-6-21)33-40(4,38)39/h7,10-11,13,15-16,19-22,24,33H,5-6,8-9,12,14,17-18H2,1-4H3. The van der Waals surface area contributed by atoms with Gasteiger partial charge in [-0.1, -0.05) is 0 Å². The first-order chi connectivity index (χ1) is 19.0. The zero-order valence-electron chi connectivity index (χ0n) is 23.8. The Labute approximate surface area is 236 Å². The van der Waals surface area contributed by atoms with Gasteiger partial charge in [-0.15, -0.1) is 0 Å². The highest BCUT2D eigenvalue weighted by molar-refractivity contribution is 7.88. The quantitative estimate of drug-likeness (QED) is 0.430. The fourth-order valence-corrected chi connectivity index (χ4v) is 7.16. The predicted octanol–water partition coefficient (Wildman–Crippen LogP) is 4.54. The van der Waals surface area contributed by atoms with Gasteiger partial charge in [-0.2, -0.15) is 0 Å². The van der Waals surface area contributed by atoms with Crippen LogP contribution in [0.2, 0.25) is 0 Å². The van der Waals surface area contributed by atoms with Crippen molar-refractivity contribution < 1.29 is 17.6 Å². The lowest BCUT2D eigenvalue weighted by atomic mass is 9.86. The van der Waals surface area contributed by atoms with Crippen molar-refractivity contribution in [2.45, 2.75) is 64.0 Å². The molecule has 10 heteroatoms. The van der Waals surface area contributed by atoms with Crippen LogP contribution in [0.25, 0.3) is 16.6 Å². The number of benzene rings is 1. The molecule has 216 valence electrons. The van der Waals surface area contributed by atoms with Gasteiger partial charge in [0.1, 0.15) is 5.82 Å². The predicted molar refractivity (Wildman–Crippen MR) is 156 cm³/mol. The Morgan fingerprint density at radius 3 is 2.62 bits per heavy atom. The fraction of sp³-hybridized carbons (Fsp3) is 0.533. The molecule has 2 aromatic heterocycles. The van der Waals surface area contributed by atoms with E-state index in [-0.39, 0.29) is 18.0 Å². The van der Waals surface area contributed by atoms with Crippen LogP contribution in [0, 0.1) is 11.7 Å². The molecule has 1 aromatic carbocycles. The van der Waals surface area contributed by atoms with Crippen molar-refractivity contribution in [1.82, 2.24) is 24.1 Å². The van der Waals surface area contributed by atoms with Gasteiger partial charge in [0.25, 0.3) is 5.91 Å². The number of fused-ring (bicyclic) bond motifs is 1. The van der Waals surface area contributed by atoms with Crippen molar-refractivity contribution in [1.29, 1.82) is 0 Å². The Balaban J connectivity index is 1.36. The molecule has 40 heavy (non-hydrogen) atoms. The molecular formula is C30H40FN5O3S. The Morgan fingerprint density at radius 2 is 1.93 bits per heavy atom. The topological polar surface area (TPSA) is 87.5 Å². The molecular weight excluding hydrogens is 529 g/mol. The summed E-state index contributed by atoms with van der Waals surface area (Å²) in [6.45, 7) is 6.88. The number of likely N-dealkylation sites (tertiary alicyclic amines) is 1. The second-order valence-electron chi connectivity index (χ2n) is 11.9. The molecule has 3 aromatic rings. The van der Waals surface area contributed by atoms with Crippen LogP contribution in [-0.2, 0) is 10.0 Å². The number of aromatic nitrogens is 2. The number of rotatable bonds is 8. The van der Waals surface area contributed by atoms with Gasteiger partial charge in [-0.25, -0.2) is 17.5 Å². The summed E-state index contributed by atoms with van der Waals surface area (Å²) in [6, 6.07) is 6.49. The van der Waals surface area contributed by atoms with Crippen LogP contribution in [0.4, 0.5) is 4.39 Å². The molecule has 1 saturated heterocycles. The van der Waals surface area contributed by atoms with E-state index in [0.29, 0.717) is 23.1 Å². The molecule has 1 aliphatic carbocycles. The highest BCUT2D eigenvalue weighted by atomic mass is 32.2. The van der Waals surface area contributed by atoms with Crippen molar-refractivity contribution >= 4 is 26.8 Å².